The highest BCUT2D eigenvalue weighted by atomic mass is 79.9. The molecule has 0 aliphatic carbocycles. The van der Waals surface area contributed by atoms with Crippen molar-refractivity contribution >= 4 is 15.9 Å². The second-order valence-electron chi connectivity index (χ2n) is 3.84. The van der Waals surface area contributed by atoms with Crippen molar-refractivity contribution < 1.29 is 17.6 Å². The van der Waals surface area contributed by atoms with Crippen LogP contribution in [-0.2, 0) is 6.18 Å². The summed E-state index contributed by atoms with van der Waals surface area (Å²) in [7, 11) is 0. The molecule has 0 spiro atoms. The Morgan fingerprint density at radius 3 is 2.47 bits per heavy atom. The fourth-order valence-corrected chi connectivity index (χ4v) is 2.31. The van der Waals surface area contributed by atoms with Crippen LogP contribution in [0.3, 0.4) is 0 Å². The highest BCUT2D eigenvalue weighted by molar-refractivity contribution is 9.09. The van der Waals surface area contributed by atoms with Crippen molar-refractivity contribution in [3.63, 3.8) is 0 Å². The Balaban J connectivity index is 3.06. The van der Waals surface area contributed by atoms with Crippen molar-refractivity contribution in [2.75, 3.05) is 0 Å². The molecule has 5 heteroatoms. The van der Waals surface area contributed by atoms with Gasteiger partial charge in [0.15, 0.2) is 0 Å². The molecule has 1 aromatic carbocycles. The molecule has 1 aromatic rings. The van der Waals surface area contributed by atoms with E-state index < -0.39 is 17.6 Å². The van der Waals surface area contributed by atoms with Gasteiger partial charge in [0.05, 0.1) is 5.56 Å². The largest absolute Gasteiger partial charge is 0.416 e. The third-order valence-corrected chi connectivity index (χ3v) is 3.42. The predicted molar refractivity (Wildman–Crippen MR) is 62.6 cm³/mol. The van der Waals surface area contributed by atoms with Gasteiger partial charge < -0.3 is 0 Å². The number of halogens is 5. The molecule has 0 aliphatic rings. The maximum Gasteiger partial charge on any atom is 0.416 e. The first kappa shape index (κ1) is 14.5. The molecule has 96 valence electrons. The Bertz CT molecular complexity index is 373. The first-order valence-corrected chi connectivity index (χ1v) is 6.28. The van der Waals surface area contributed by atoms with E-state index in [9.17, 15) is 17.6 Å². The molecular weight excluding hydrogens is 300 g/mol. The fraction of sp³-hybridized carbons (Fsp3) is 0.500. The van der Waals surface area contributed by atoms with Gasteiger partial charge in [0, 0.05) is 4.83 Å². The van der Waals surface area contributed by atoms with Crippen molar-refractivity contribution in [1.29, 1.82) is 0 Å². The monoisotopic (exact) mass is 312 g/mol. The first-order chi connectivity index (χ1) is 7.86. The van der Waals surface area contributed by atoms with E-state index in [0.717, 1.165) is 18.9 Å². The van der Waals surface area contributed by atoms with E-state index in [4.69, 9.17) is 0 Å². The summed E-state index contributed by atoms with van der Waals surface area (Å²) in [4.78, 5) is -0.389. The van der Waals surface area contributed by atoms with Gasteiger partial charge in [-0.05, 0) is 24.1 Å². The standard InChI is InChI=1S/C12H13BrF4/c1-2-3-4-11(13)9-6-5-8(14)7-10(9)12(15,16)17/h5-7,11H,2-4H2,1H3. The van der Waals surface area contributed by atoms with Crippen LogP contribution in [0.15, 0.2) is 18.2 Å². The lowest BCUT2D eigenvalue weighted by atomic mass is 10.0. The molecule has 0 bridgehead atoms. The SMILES string of the molecule is CCCCC(Br)c1ccc(F)cc1C(F)(F)F. The number of hydrogen-bond donors (Lipinski definition) is 0. The summed E-state index contributed by atoms with van der Waals surface area (Å²) in [5.74, 6) is -0.865. The van der Waals surface area contributed by atoms with E-state index in [1.807, 2.05) is 6.92 Å². The molecular formula is C12H13BrF4. The van der Waals surface area contributed by atoms with Crippen LogP contribution in [0.2, 0.25) is 0 Å². The molecule has 0 radical (unpaired) electrons. The molecule has 0 N–H and O–H groups in total. The lowest BCUT2D eigenvalue weighted by Gasteiger charge is -2.17. The van der Waals surface area contributed by atoms with Gasteiger partial charge in [-0.15, -0.1) is 0 Å². The number of unbranched alkanes of at least 4 members (excludes halogenated alkanes) is 1. The zero-order valence-electron chi connectivity index (χ0n) is 9.32. The number of hydrogen-bond acceptors (Lipinski definition) is 0. The molecule has 0 saturated carbocycles. The Kier molecular flexibility index (Phi) is 4.98. The van der Waals surface area contributed by atoms with Crippen LogP contribution < -0.4 is 0 Å². The van der Waals surface area contributed by atoms with Crippen LogP contribution in [0.5, 0.6) is 0 Å². The van der Waals surface area contributed by atoms with Crippen LogP contribution in [0.1, 0.15) is 42.1 Å². The second kappa shape index (κ2) is 5.85. The molecule has 0 fully saturated rings. The summed E-state index contributed by atoms with van der Waals surface area (Å²) in [6, 6.07) is 2.81. The lowest BCUT2D eigenvalue weighted by molar-refractivity contribution is -0.138. The topological polar surface area (TPSA) is 0 Å². The van der Waals surface area contributed by atoms with Crippen molar-refractivity contribution in [2.24, 2.45) is 0 Å². The quantitative estimate of drug-likeness (QED) is 0.511. The van der Waals surface area contributed by atoms with E-state index in [1.165, 1.54) is 6.07 Å². The molecule has 1 atom stereocenters. The average Bonchev–Trinajstić information content (AvgIpc) is 2.24. The van der Waals surface area contributed by atoms with Crippen LogP contribution in [0, 0.1) is 5.82 Å². The van der Waals surface area contributed by atoms with Crippen LogP contribution >= 0.6 is 15.9 Å². The van der Waals surface area contributed by atoms with Crippen molar-refractivity contribution in [2.45, 2.75) is 37.2 Å². The van der Waals surface area contributed by atoms with Crippen molar-refractivity contribution in [3.8, 4) is 0 Å². The summed E-state index contributed by atoms with van der Waals surface area (Å²) in [5, 5.41) is 0. The summed E-state index contributed by atoms with van der Waals surface area (Å²) in [6.45, 7) is 1.97. The van der Waals surface area contributed by atoms with Crippen LogP contribution in [0.25, 0.3) is 0 Å². The highest BCUT2D eigenvalue weighted by Gasteiger charge is 2.35. The maximum absolute atomic E-state index is 12.9. The van der Waals surface area contributed by atoms with Gasteiger partial charge in [-0.1, -0.05) is 41.8 Å². The molecule has 0 aliphatic heterocycles. The molecule has 0 nitrogen and oxygen atoms in total. The Labute approximate surface area is 106 Å². The third kappa shape index (κ3) is 3.98. The summed E-state index contributed by atoms with van der Waals surface area (Å²) in [5.41, 5.74) is -0.789. The Morgan fingerprint density at radius 2 is 1.94 bits per heavy atom. The molecule has 1 rings (SSSR count). The molecule has 0 amide bonds. The maximum atomic E-state index is 12.9. The second-order valence-corrected chi connectivity index (χ2v) is 4.94. The normalized spacial score (nSPS) is 13.8. The van der Waals surface area contributed by atoms with Gasteiger partial charge >= 0.3 is 6.18 Å². The van der Waals surface area contributed by atoms with Gasteiger partial charge in [-0.25, -0.2) is 4.39 Å². The van der Waals surface area contributed by atoms with Crippen LogP contribution in [-0.4, -0.2) is 0 Å². The Morgan fingerprint density at radius 1 is 1.29 bits per heavy atom. The lowest BCUT2D eigenvalue weighted by Crippen LogP contribution is -2.10. The van der Waals surface area contributed by atoms with Gasteiger partial charge in [0.2, 0.25) is 0 Å². The number of rotatable bonds is 4. The van der Waals surface area contributed by atoms with Crippen molar-refractivity contribution in [3.05, 3.63) is 35.1 Å². The minimum absolute atomic E-state index is 0.104. The van der Waals surface area contributed by atoms with Crippen molar-refractivity contribution in [1.82, 2.24) is 0 Å². The van der Waals surface area contributed by atoms with Gasteiger partial charge in [0.25, 0.3) is 0 Å². The molecule has 17 heavy (non-hydrogen) atoms. The van der Waals surface area contributed by atoms with Gasteiger partial charge in [-0.2, -0.15) is 13.2 Å². The number of benzene rings is 1. The average molecular weight is 313 g/mol. The third-order valence-electron chi connectivity index (χ3n) is 2.47. The molecule has 1 unspecified atom stereocenters. The number of alkyl halides is 4. The zero-order valence-corrected chi connectivity index (χ0v) is 10.9. The van der Waals surface area contributed by atoms with E-state index in [1.54, 1.807) is 0 Å². The summed E-state index contributed by atoms with van der Waals surface area (Å²) in [6.07, 6.45) is -2.18. The van der Waals surface area contributed by atoms with Gasteiger partial charge in [0.1, 0.15) is 5.82 Å². The van der Waals surface area contributed by atoms with Gasteiger partial charge in [-0.3, -0.25) is 0 Å². The minimum Gasteiger partial charge on any atom is -0.207 e. The summed E-state index contributed by atoms with van der Waals surface area (Å²) >= 11 is 3.23. The first-order valence-electron chi connectivity index (χ1n) is 5.37. The smallest absolute Gasteiger partial charge is 0.207 e. The van der Waals surface area contributed by atoms with E-state index in [2.05, 4.69) is 15.9 Å². The van der Waals surface area contributed by atoms with E-state index >= 15 is 0 Å². The highest BCUT2D eigenvalue weighted by Crippen LogP contribution is 2.39. The predicted octanol–water partition coefficient (Wildman–Crippen LogP) is 5.47. The zero-order chi connectivity index (χ0) is 13.1. The van der Waals surface area contributed by atoms with E-state index in [-0.39, 0.29) is 10.4 Å². The molecule has 0 aromatic heterocycles. The summed E-state index contributed by atoms with van der Waals surface area (Å²) < 4.78 is 51.0. The van der Waals surface area contributed by atoms with Crippen LogP contribution in [0.4, 0.5) is 17.6 Å². The Hall–Kier alpha value is -0.580. The fourth-order valence-electron chi connectivity index (χ4n) is 1.59. The molecule has 0 heterocycles. The minimum atomic E-state index is -4.52. The molecule has 0 saturated heterocycles. The van der Waals surface area contributed by atoms with E-state index in [0.29, 0.717) is 12.5 Å².